The molecule has 0 bridgehead atoms. The van der Waals surface area contributed by atoms with Crippen LogP contribution in [-0.2, 0) is 5.54 Å². The predicted molar refractivity (Wildman–Crippen MR) is 82.1 cm³/mol. The molecule has 112 valence electrons. The fraction of sp³-hybridized carbons (Fsp3) is 0.733. The van der Waals surface area contributed by atoms with Gasteiger partial charge >= 0.3 is 0 Å². The van der Waals surface area contributed by atoms with Crippen LogP contribution in [-0.4, -0.2) is 28.7 Å². The van der Waals surface area contributed by atoms with E-state index in [-0.39, 0.29) is 17.1 Å². The van der Waals surface area contributed by atoms with Crippen molar-refractivity contribution in [3.8, 4) is 0 Å². The van der Waals surface area contributed by atoms with Crippen molar-refractivity contribution in [1.29, 1.82) is 0 Å². The van der Waals surface area contributed by atoms with Crippen LogP contribution in [0.5, 0.6) is 0 Å². The minimum absolute atomic E-state index is 0.000697. The van der Waals surface area contributed by atoms with Crippen LogP contribution in [0.2, 0.25) is 0 Å². The van der Waals surface area contributed by atoms with E-state index in [4.69, 9.17) is 5.73 Å². The van der Waals surface area contributed by atoms with Gasteiger partial charge in [0.1, 0.15) is 0 Å². The number of nitrogens with zero attached hydrogens (tertiary/aromatic N) is 3. The Labute approximate surface area is 120 Å². The molecule has 5 nitrogen and oxygen atoms in total. The summed E-state index contributed by atoms with van der Waals surface area (Å²) in [6.07, 6.45) is 5.55. The topological polar surface area (TPSA) is 64.2 Å². The molecule has 2 rings (SSSR count). The molecule has 0 amide bonds. The van der Waals surface area contributed by atoms with Gasteiger partial charge in [0.25, 0.3) is 5.56 Å². The molecule has 2 heterocycles. The van der Waals surface area contributed by atoms with Crippen molar-refractivity contribution in [3.05, 3.63) is 22.7 Å². The number of nitrogens with two attached hydrogens (primary N) is 1. The van der Waals surface area contributed by atoms with Crippen molar-refractivity contribution in [2.24, 2.45) is 11.7 Å². The van der Waals surface area contributed by atoms with Gasteiger partial charge in [-0.05, 0) is 46.5 Å². The second-order valence-corrected chi connectivity index (χ2v) is 6.78. The Morgan fingerprint density at radius 1 is 1.35 bits per heavy atom. The third-order valence-electron chi connectivity index (χ3n) is 4.13. The lowest BCUT2D eigenvalue weighted by Crippen LogP contribution is -2.44. The van der Waals surface area contributed by atoms with Crippen LogP contribution in [0, 0.1) is 5.92 Å². The first kappa shape index (κ1) is 15.0. The predicted octanol–water partition coefficient (Wildman–Crippen LogP) is 1.56. The maximum atomic E-state index is 12.6. The van der Waals surface area contributed by atoms with E-state index >= 15 is 0 Å². The zero-order valence-corrected chi connectivity index (χ0v) is 13.0. The summed E-state index contributed by atoms with van der Waals surface area (Å²) < 4.78 is 1.76. The van der Waals surface area contributed by atoms with Gasteiger partial charge in [-0.1, -0.05) is 0 Å². The van der Waals surface area contributed by atoms with Crippen molar-refractivity contribution in [2.75, 3.05) is 18.0 Å². The number of hydrogen-bond donors (Lipinski definition) is 1. The fourth-order valence-corrected chi connectivity index (χ4v) is 2.78. The molecule has 20 heavy (non-hydrogen) atoms. The quantitative estimate of drug-likeness (QED) is 0.891. The highest BCUT2D eigenvalue weighted by Gasteiger charge is 2.25. The Morgan fingerprint density at radius 3 is 2.45 bits per heavy atom. The summed E-state index contributed by atoms with van der Waals surface area (Å²) in [6.45, 7) is 9.88. The lowest BCUT2D eigenvalue weighted by atomic mass is 9.91. The lowest BCUT2D eigenvalue weighted by molar-refractivity contribution is 0.349. The molecule has 1 fully saturated rings. The second kappa shape index (κ2) is 5.56. The third-order valence-corrected chi connectivity index (χ3v) is 4.13. The van der Waals surface area contributed by atoms with Crippen molar-refractivity contribution in [1.82, 2.24) is 9.55 Å². The van der Waals surface area contributed by atoms with Crippen molar-refractivity contribution in [3.63, 3.8) is 0 Å². The molecule has 1 aromatic rings. The van der Waals surface area contributed by atoms with Gasteiger partial charge in [-0.25, -0.2) is 4.98 Å². The fourth-order valence-electron chi connectivity index (χ4n) is 2.78. The molecule has 1 aromatic heterocycles. The smallest absolute Gasteiger partial charge is 0.293 e. The molecule has 2 N–H and O–H groups in total. The molecular formula is C15H26N4O. The van der Waals surface area contributed by atoms with Crippen molar-refractivity contribution >= 4 is 5.82 Å². The summed E-state index contributed by atoms with van der Waals surface area (Å²) in [5.74, 6) is 1.13. The normalized spacial score (nSPS) is 19.1. The maximum absolute atomic E-state index is 12.6. The first-order chi connectivity index (χ1) is 9.30. The summed E-state index contributed by atoms with van der Waals surface area (Å²) in [4.78, 5) is 19.0. The molecule has 1 aliphatic rings. The number of hydrogen-bond acceptors (Lipinski definition) is 4. The Morgan fingerprint density at radius 2 is 1.95 bits per heavy atom. The van der Waals surface area contributed by atoms with E-state index in [2.05, 4.69) is 16.8 Å². The Kier molecular flexibility index (Phi) is 4.18. The van der Waals surface area contributed by atoms with E-state index in [1.807, 2.05) is 20.8 Å². The lowest BCUT2D eigenvalue weighted by Gasteiger charge is -2.34. The highest BCUT2D eigenvalue weighted by atomic mass is 16.1. The van der Waals surface area contributed by atoms with Crippen LogP contribution in [0.15, 0.2) is 17.2 Å². The molecule has 0 aromatic carbocycles. The Hall–Kier alpha value is -1.36. The number of aromatic nitrogens is 2. The largest absolute Gasteiger partial charge is 0.352 e. The number of piperidine rings is 1. The van der Waals surface area contributed by atoms with Gasteiger partial charge < -0.3 is 15.2 Å². The average Bonchev–Trinajstić information content (AvgIpc) is 2.37. The summed E-state index contributed by atoms with van der Waals surface area (Å²) in [6, 6.07) is 0.229. The van der Waals surface area contributed by atoms with Crippen LogP contribution in [0.25, 0.3) is 0 Å². The first-order valence-corrected chi connectivity index (χ1v) is 7.39. The van der Waals surface area contributed by atoms with Crippen LogP contribution < -0.4 is 16.2 Å². The van der Waals surface area contributed by atoms with Gasteiger partial charge in [-0.3, -0.25) is 4.79 Å². The molecular weight excluding hydrogens is 252 g/mol. The standard InChI is InChI=1S/C15H26N4O/c1-11(16)12-5-8-18(9-6-12)13-14(20)19(10-7-17-13)15(2,3)4/h7,10-12H,5-6,8-9,16H2,1-4H3. The van der Waals surface area contributed by atoms with Crippen LogP contribution >= 0.6 is 0 Å². The number of anilines is 1. The van der Waals surface area contributed by atoms with Gasteiger partial charge in [0.15, 0.2) is 5.82 Å². The zero-order chi connectivity index (χ0) is 14.9. The van der Waals surface area contributed by atoms with Gasteiger partial charge in [-0.2, -0.15) is 0 Å². The molecule has 5 heteroatoms. The Bertz CT molecular complexity index is 507. The first-order valence-electron chi connectivity index (χ1n) is 7.39. The molecule has 1 saturated heterocycles. The molecule has 0 saturated carbocycles. The highest BCUT2D eigenvalue weighted by Crippen LogP contribution is 2.22. The van der Waals surface area contributed by atoms with Crippen LogP contribution in [0.4, 0.5) is 5.82 Å². The molecule has 0 aliphatic carbocycles. The maximum Gasteiger partial charge on any atom is 0.293 e. The molecule has 1 unspecified atom stereocenters. The summed E-state index contributed by atoms with van der Waals surface area (Å²) in [7, 11) is 0. The molecule has 0 spiro atoms. The monoisotopic (exact) mass is 278 g/mol. The van der Waals surface area contributed by atoms with Gasteiger partial charge in [0, 0.05) is 37.1 Å². The highest BCUT2D eigenvalue weighted by molar-refractivity contribution is 5.36. The van der Waals surface area contributed by atoms with Crippen LogP contribution in [0.1, 0.15) is 40.5 Å². The van der Waals surface area contributed by atoms with Gasteiger partial charge in [0.2, 0.25) is 0 Å². The zero-order valence-electron chi connectivity index (χ0n) is 13.0. The number of rotatable bonds is 2. The van der Waals surface area contributed by atoms with E-state index in [0.29, 0.717) is 11.7 Å². The van der Waals surface area contributed by atoms with Crippen LogP contribution in [0.3, 0.4) is 0 Å². The van der Waals surface area contributed by atoms with E-state index in [1.165, 1.54) is 0 Å². The van der Waals surface area contributed by atoms with E-state index < -0.39 is 0 Å². The van der Waals surface area contributed by atoms with E-state index in [1.54, 1.807) is 17.0 Å². The van der Waals surface area contributed by atoms with E-state index in [0.717, 1.165) is 25.9 Å². The summed E-state index contributed by atoms with van der Waals surface area (Å²) >= 11 is 0. The SMILES string of the molecule is CC(N)C1CCN(c2nccn(C(C)(C)C)c2=O)CC1. The summed E-state index contributed by atoms with van der Waals surface area (Å²) in [5.41, 5.74) is 5.74. The summed E-state index contributed by atoms with van der Waals surface area (Å²) in [5, 5.41) is 0. The van der Waals surface area contributed by atoms with Gasteiger partial charge in [-0.15, -0.1) is 0 Å². The minimum Gasteiger partial charge on any atom is -0.352 e. The molecule has 0 radical (unpaired) electrons. The molecule has 1 aliphatic heterocycles. The second-order valence-electron chi connectivity index (χ2n) is 6.78. The van der Waals surface area contributed by atoms with Gasteiger partial charge in [0.05, 0.1) is 0 Å². The Balaban J connectivity index is 2.21. The van der Waals surface area contributed by atoms with Crippen molar-refractivity contribution < 1.29 is 0 Å². The minimum atomic E-state index is -0.223. The third kappa shape index (κ3) is 3.03. The average molecular weight is 278 g/mol. The van der Waals surface area contributed by atoms with E-state index in [9.17, 15) is 4.79 Å². The van der Waals surface area contributed by atoms with Crippen molar-refractivity contribution in [2.45, 2.75) is 52.1 Å². The molecule has 1 atom stereocenters.